The third-order valence-electron chi connectivity index (χ3n) is 3.50. The molecule has 3 nitrogen and oxygen atoms in total. The molecule has 1 aliphatic rings. The van der Waals surface area contributed by atoms with Crippen LogP contribution >= 0.6 is 0 Å². The van der Waals surface area contributed by atoms with Gasteiger partial charge in [-0.2, -0.15) is 18.4 Å². The molecule has 108 valence electrons. The minimum absolute atomic E-state index is 0.181. The zero-order valence-corrected chi connectivity index (χ0v) is 10.8. The summed E-state index contributed by atoms with van der Waals surface area (Å²) < 4.78 is 38.5. The van der Waals surface area contributed by atoms with E-state index in [9.17, 15) is 18.3 Å². The Morgan fingerprint density at radius 1 is 1.20 bits per heavy atom. The van der Waals surface area contributed by atoms with Gasteiger partial charge < -0.3 is 10.4 Å². The lowest BCUT2D eigenvalue weighted by atomic mass is 9.91. The van der Waals surface area contributed by atoms with E-state index in [1.165, 1.54) is 12.1 Å². The second-order valence-electron chi connectivity index (χ2n) is 5.09. The number of benzene rings is 1. The molecule has 0 atom stereocenters. The Hall–Kier alpha value is -1.74. The quantitative estimate of drug-likeness (QED) is 0.815. The second-order valence-corrected chi connectivity index (χ2v) is 5.09. The molecule has 0 spiro atoms. The molecular formula is C14H15F3N2O. The summed E-state index contributed by atoms with van der Waals surface area (Å²) in [5.41, 5.74) is -2.38. The molecule has 0 heterocycles. The van der Waals surface area contributed by atoms with Gasteiger partial charge in [0.1, 0.15) is 5.72 Å². The summed E-state index contributed by atoms with van der Waals surface area (Å²) in [4.78, 5) is 0. The molecule has 1 saturated carbocycles. The van der Waals surface area contributed by atoms with Crippen LogP contribution in [0.25, 0.3) is 0 Å². The van der Waals surface area contributed by atoms with Crippen LogP contribution in [0.2, 0.25) is 0 Å². The van der Waals surface area contributed by atoms with Gasteiger partial charge in [-0.1, -0.05) is 6.42 Å². The van der Waals surface area contributed by atoms with Gasteiger partial charge in [0, 0.05) is 5.69 Å². The van der Waals surface area contributed by atoms with Crippen LogP contribution in [0.3, 0.4) is 0 Å². The second kappa shape index (κ2) is 5.33. The highest BCUT2D eigenvalue weighted by Crippen LogP contribution is 2.35. The molecular weight excluding hydrogens is 269 g/mol. The van der Waals surface area contributed by atoms with Crippen molar-refractivity contribution >= 4 is 5.69 Å². The zero-order valence-electron chi connectivity index (χ0n) is 10.8. The predicted octanol–water partition coefficient (Wildman–Crippen LogP) is 3.64. The normalized spacial score (nSPS) is 18.4. The van der Waals surface area contributed by atoms with E-state index >= 15 is 0 Å². The lowest BCUT2D eigenvalue weighted by Gasteiger charge is -2.34. The number of hydrogen-bond acceptors (Lipinski definition) is 3. The Morgan fingerprint density at radius 3 is 2.40 bits per heavy atom. The van der Waals surface area contributed by atoms with Gasteiger partial charge in [0.25, 0.3) is 0 Å². The number of rotatable bonds is 2. The Morgan fingerprint density at radius 2 is 1.85 bits per heavy atom. The molecule has 6 heteroatoms. The standard InChI is InChI=1S/C14H15F3N2O/c15-14(16,17)12-8-11(5-4-10(12)9-18)19-13(20)6-2-1-3-7-13/h4-5,8,19-20H,1-3,6-7H2. The number of alkyl halides is 3. The van der Waals surface area contributed by atoms with Gasteiger partial charge in [0.15, 0.2) is 0 Å². The van der Waals surface area contributed by atoms with Gasteiger partial charge in [-0.3, -0.25) is 0 Å². The average Bonchev–Trinajstić information content (AvgIpc) is 2.38. The molecule has 1 fully saturated rings. The van der Waals surface area contributed by atoms with E-state index < -0.39 is 23.0 Å². The Bertz CT molecular complexity index is 528. The molecule has 0 aliphatic heterocycles. The Labute approximate surface area is 115 Å². The third kappa shape index (κ3) is 3.23. The van der Waals surface area contributed by atoms with Crippen molar-refractivity contribution in [3.05, 3.63) is 29.3 Å². The maximum atomic E-state index is 12.8. The molecule has 0 radical (unpaired) electrons. The number of nitrogens with one attached hydrogen (secondary N) is 1. The van der Waals surface area contributed by atoms with E-state index in [-0.39, 0.29) is 5.69 Å². The number of hydrogen-bond donors (Lipinski definition) is 2. The number of nitrogens with zero attached hydrogens (tertiary/aromatic N) is 1. The Balaban J connectivity index is 2.28. The monoisotopic (exact) mass is 284 g/mol. The van der Waals surface area contributed by atoms with Gasteiger partial charge in [-0.05, 0) is 43.9 Å². The van der Waals surface area contributed by atoms with Gasteiger partial charge >= 0.3 is 6.18 Å². The number of nitriles is 1. The van der Waals surface area contributed by atoms with Crippen LogP contribution in [0.1, 0.15) is 43.2 Å². The lowest BCUT2D eigenvalue weighted by Crippen LogP contribution is -2.39. The molecule has 0 amide bonds. The average molecular weight is 284 g/mol. The number of aliphatic hydroxyl groups is 1. The van der Waals surface area contributed by atoms with E-state index in [2.05, 4.69) is 5.32 Å². The van der Waals surface area contributed by atoms with Crippen molar-refractivity contribution in [1.29, 1.82) is 5.26 Å². The SMILES string of the molecule is N#Cc1ccc(NC2(O)CCCCC2)cc1C(F)(F)F. The van der Waals surface area contributed by atoms with Crippen LogP contribution in [-0.4, -0.2) is 10.8 Å². The summed E-state index contributed by atoms with van der Waals surface area (Å²) in [6.07, 6.45) is -0.871. The van der Waals surface area contributed by atoms with E-state index in [1.54, 1.807) is 0 Å². The van der Waals surface area contributed by atoms with Crippen molar-refractivity contribution in [2.45, 2.75) is 44.0 Å². The molecule has 1 aromatic carbocycles. The number of halogens is 3. The third-order valence-corrected chi connectivity index (χ3v) is 3.50. The summed E-state index contributed by atoms with van der Waals surface area (Å²) in [6.45, 7) is 0. The zero-order chi connectivity index (χ0) is 14.8. The van der Waals surface area contributed by atoms with E-state index in [1.807, 2.05) is 0 Å². The molecule has 20 heavy (non-hydrogen) atoms. The van der Waals surface area contributed by atoms with Crippen LogP contribution in [0, 0.1) is 11.3 Å². The highest BCUT2D eigenvalue weighted by atomic mass is 19.4. The largest absolute Gasteiger partial charge is 0.417 e. The van der Waals surface area contributed by atoms with Crippen LogP contribution in [0.5, 0.6) is 0 Å². The van der Waals surface area contributed by atoms with E-state index in [4.69, 9.17) is 5.26 Å². The molecule has 0 saturated heterocycles. The maximum Gasteiger partial charge on any atom is 0.417 e. The summed E-state index contributed by atoms with van der Waals surface area (Å²) in [7, 11) is 0. The topological polar surface area (TPSA) is 56.0 Å². The highest BCUT2D eigenvalue weighted by molar-refractivity contribution is 5.54. The predicted molar refractivity (Wildman–Crippen MR) is 67.8 cm³/mol. The molecule has 0 bridgehead atoms. The fraction of sp³-hybridized carbons (Fsp3) is 0.500. The first kappa shape index (κ1) is 14.7. The lowest BCUT2D eigenvalue weighted by molar-refractivity contribution is -0.137. The minimum Gasteiger partial charge on any atom is -0.371 e. The summed E-state index contributed by atoms with van der Waals surface area (Å²) in [6, 6.07) is 4.92. The fourth-order valence-corrected chi connectivity index (χ4v) is 2.48. The van der Waals surface area contributed by atoms with Crippen molar-refractivity contribution in [2.75, 3.05) is 5.32 Å². The molecule has 0 unspecified atom stereocenters. The molecule has 0 aromatic heterocycles. The van der Waals surface area contributed by atoms with Crippen molar-refractivity contribution in [3.63, 3.8) is 0 Å². The molecule has 1 aromatic rings. The van der Waals surface area contributed by atoms with Crippen LogP contribution in [0.15, 0.2) is 18.2 Å². The van der Waals surface area contributed by atoms with Gasteiger partial charge in [0.2, 0.25) is 0 Å². The molecule has 2 rings (SSSR count). The summed E-state index contributed by atoms with van der Waals surface area (Å²) in [5.74, 6) is 0. The first-order valence-electron chi connectivity index (χ1n) is 6.46. The number of anilines is 1. The van der Waals surface area contributed by atoms with Gasteiger partial charge in [-0.25, -0.2) is 0 Å². The highest BCUT2D eigenvalue weighted by Gasteiger charge is 2.35. The van der Waals surface area contributed by atoms with E-state index in [0.717, 1.165) is 31.4 Å². The van der Waals surface area contributed by atoms with Crippen LogP contribution < -0.4 is 5.32 Å². The van der Waals surface area contributed by atoms with Crippen molar-refractivity contribution in [3.8, 4) is 6.07 Å². The first-order chi connectivity index (χ1) is 9.34. The van der Waals surface area contributed by atoms with Crippen LogP contribution in [-0.2, 0) is 6.18 Å². The molecule has 2 N–H and O–H groups in total. The Kier molecular flexibility index (Phi) is 3.91. The van der Waals surface area contributed by atoms with Gasteiger partial charge in [0.05, 0.1) is 17.2 Å². The van der Waals surface area contributed by atoms with Crippen molar-refractivity contribution in [2.24, 2.45) is 0 Å². The minimum atomic E-state index is -4.59. The smallest absolute Gasteiger partial charge is 0.371 e. The van der Waals surface area contributed by atoms with Crippen molar-refractivity contribution < 1.29 is 18.3 Å². The summed E-state index contributed by atoms with van der Waals surface area (Å²) >= 11 is 0. The summed E-state index contributed by atoms with van der Waals surface area (Å²) in [5, 5.41) is 21.8. The van der Waals surface area contributed by atoms with Crippen molar-refractivity contribution in [1.82, 2.24) is 0 Å². The maximum absolute atomic E-state index is 12.8. The van der Waals surface area contributed by atoms with E-state index in [0.29, 0.717) is 12.8 Å². The van der Waals surface area contributed by atoms with Crippen LogP contribution in [0.4, 0.5) is 18.9 Å². The molecule has 1 aliphatic carbocycles. The van der Waals surface area contributed by atoms with Gasteiger partial charge in [-0.15, -0.1) is 0 Å². The fourth-order valence-electron chi connectivity index (χ4n) is 2.48. The first-order valence-corrected chi connectivity index (χ1v) is 6.46.